The second-order valence-electron chi connectivity index (χ2n) is 3.66. The fourth-order valence-corrected chi connectivity index (χ4v) is 2.30. The van der Waals surface area contributed by atoms with Crippen LogP contribution in [0.2, 0.25) is 5.02 Å². The van der Waals surface area contributed by atoms with E-state index in [1.807, 2.05) is 12.1 Å². The molecule has 0 fully saturated rings. The highest BCUT2D eigenvalue weighted by molar-refractivity contribution is 14.1. The Morgan fingerprint density at radius 3 is 2.35 bits per heavy atom. The summed E-state index contributed by atoms with van der Waals surface area (Å²) in [6.45, 7) is 0. The summed E-state index contributed by atoms with van der Waals surface area (Å²) in [5, 5.41) is 20.0. The first-order chi connectivity index (χ1) is 8.08. The van der Waals surface area contributed by atoms with Crippen molar-refractivity contribution in [3.63, 3.8) is 0 Å². The van der Waals surface area contributed by atoms with E-state index >= 15 is 0 Å². The van der Waals surface area contributed by atoms with Crippen molar-refractivity contribution in [3.8, 4) is 5.75 Å². The fourth-order valence-electron chi connectivity index (χ4n) is 1.56. The Labute approximate surface area is 118 Å². The third kappa shape index (κ3) is 2.91. The van der Waals surface area contributed by atoms with Crippen LogP contribution < -0.4 is 0 Å². The lowest BCUT2D eigenvalue weighted by Gasteiger charge is -2.13. The van der Waals surface area contributed by atoms with E-state index in [1.54, 1.807) is 30.3 Å². The van der Waals surface area contributed by atoms with Gasteiger partial charge in [-0.1, -0.05) is 23.7 Å². The first-order valence-electron chi connectivity index (χ1n) is 5.00. The molecule has 0 aliphatic carbocycles. The Hall–Kier alpha value is -0.780. The third-order valence-corrected chi connectivity index (χ3v) is 3.48. The van der Waals surface area contributed by atoms with Crippen LogP contribution in [0.4, 0.5) is 0 Å². The lowest BCUT2D eigenvalue weighted by molar-refractivity contribution is 0.220. The first-order valence-corrected chi connectivity index (χ1v) is 6.45. The monoisotopic (exact) mass is 360 g/mol. The Bertz CT molecular complexity index is 525. The summed E-state index contributed by atoms with van der Waals surface area (Å²) in [5.74, 6) is 0.176. The molecule has 0 aliphatic heterocycles. The summed E-state index contributed by atoms with van der Waals surface area (Å²) in [6.07, 6.45) is -0.780. The van der Waals surface area contributed by atoms with Crippen LogP contribution in [-0.4, -0.2) is 10.2 Å². The summed E-state index contributed by atoms with van der Waals surface area (Å²) < 4.78 is 1.01. The molecule has 0 aromatic heterocycles. The second-order valence-corrected chi connectivity index (χ2v) is 5.31. The van der Waals surface area contributed by atoms with E-state index in [9.17, 15) is 10.2 Å². The Balaban J connectivity index is 2.39. The average Bonchev–Trinajstić information content (AvgIpc) is 2.32. The summed E-state index contributed by atoms with van der Waals surface area (Å²) in [5.41, 5.74) is 1.37. The zero-order valence-corrected chi connectivity index (χ0v) is 11.7. The number of rotatable bonds is 2. The molecule has 88 valence electrons. The summed E-state index contributed by atoms with van der Waals surface area (Å²) >= 11 is 8.23. The van der Waals surface area contributed by atoms with E-state index in [2.05, 4.69) is 22.6 Å². The van der Waals surface area contributed by atoms with Crippen LogP contribution in [0.5, 0.6) is 5.75 Å². The van der Waals surface area contributed by atoms with E-state index in [0.717, 1.165) is 3.57 Å². The molecule has 0 spiro atoms. The minimum atomic E-state index is -0.780. The van der Waals surface area contributed by atoms with Gasteiger partial charge in [0.05, 0.1) is 0 Å². The standard InChI is InChI=1S/C13H10ClIO2/c14-12-6-3-9(15)7-11(12)13(17)8-1-4-10(16)5-2-8/h1-7,13,16-17H. The van der Waals surface area contributed by atoms with Crippen LogP contribution in [0.1, 0.15) is 17.2 Å². The van der Waals surface area contributed by atoms with Gasteiger partial charge in [0, 0.05) is 14.2 Å². The maximum absolute atomic E-state index is 10.2. The van der Waals surface area contributed by atoms with Gasteiger partial charge < -0.3 is 10.2 Å². The number of phenols is 1. The van der Waals surface area contributed by atoms with Crippen molar-refractivity contribution < 1.29 is 10.2 Å². The Morgan fingerprint density at radius 2 is 1.71 bits per heavy atom. The number of halogens is 2. The summed E-state index contributed by atoms with van der Waals surface area (Å²) in [7, 11) is 0. The van der Waals surface area contributed by atoms with Crippen molar-refractivity contribution >= 4 is 34.2 Å². The molecule has 2 rings (SSSR count). The Morgan fingerprint density at radius 1 is 1.06 bits per heavy atom. The number of benzene rings is 2. The number of aliphatic hydroxyl groups is 1. The maximum Gasteiger partial charge on any atom is 0.115 e. The zero-order valence-electron chi connectivity index (χ0n) is 8.77. The van der Waals surface area contributed by atoms with Gasteiger partial charge in [-0.3, -0.25) is 0 Å². The van der Waals surface area contributed by atoms with Crippen LogP contribution in [-0.2, 0) is 0 Å². The molecule has 2 N–H and O–H groups in total. The molecule has 2 aromatic rings. The Kier molecular flexibility index (Phi) is 3.91. The minimum absolute atomic E-state index is 0.176. The van der Waals surface area contributed by atoms with Gasteiger partial charge in [0.15, 0.2) is 0 Å². The SMILES string of the molecule is Oc1ccc(C(O)c2cc(I)ccc2Cl)cc1. The van der Waals surface area contributed by atoms with E-state index in [1.165, 1.54) is 0 Å². The van der Waals surface area contributed by atoms with Crippen LogP contribution in [0.25, 0.3) is 0 Å². The molecule has 17 heavy (non-hydrogen) atoms. The van der Waals surface area contributed by atoms with Crippen molar-refractivity contribution in [1.29, 1.82) is 0 Å². The highest BCUT2D eigenvalue weighted by atomic mass is 127. The highest BCUT2D eigenvalue weighted by Crippen LogP contribution is 2.30. The summed E-state index contributed by atoms with van der Waals surface area (Å²) in [6, 6.07) is 11.9. The fraction of sp³-hybridized carbons (Fsp3) is 0.0769. The summed E-state index contributed by atoms with van der Waals surface area (Å²) in [4.78, 5) is 0. The van der Waals surface area contributed by atoms with Gasteiger partial charge in [-0.15, -0.1) is 0 Å². The number of phenolic OH excluding ortho intramolecular Hbond substituents is 1. The predicted molar refractivity (Wildman–Crippen MR) is 76.3 cm³/mol. The van der Waals surface area contributed by atoms with Crippen molar-refractivity contribution in [3.05, 3.63) is 62.2 Å². The molecule has 0 radical (unpaired) electrons. The number of aromatic hydroxyl groups is 1. The van der Waals surface area contributed by atoms with Gasteiger partial charge >= 0.3 is 0 Å². The predicted octanol–water partition coefficient (Wildman–Crippen LogP) is 3.73. The molecule has 2 aromatic carbocycles. The number of hydrogen-bond donors (Lipinski definition) is 2. The third-order valence-electron chi connectivity index (χ3n) is 2.46. The molecule has 0 saturated heterocycles. The van der Waals surface area contributed by atoms with Gasteiger partial charge in [-0.25, -0.2) is 0 Å². The van der Waals surface area contributed by atoms with Gasteiger partial charge in [0.25, 0.3) is 0 Å². The molecule has 0 aliphatic rings. The van der Waals surface area contributed by atoms with Gasteiger partial charge in [-0.05, 0) is 58.5 Å². The van der Waals surface area contributed by atoms with E-state index in [0.29, 0.717) is 16.1 Å². The van der Waals surface area contributed by atoms with Crippen LogP contribution >= 0.6 is 34.2 Å². The van der Waals surface area contributed by atoms with Crippen LogP contribution in [0, 0.1) is 3.57 Å². The van der Waals surface area contributed by atoms with Gasteiger partial charge in [-0.2, -0.15) is 0 Å². The second kappa shape index (κ2) is 5.25. The quantitative estimate of drug-likeness (QED) is 0.801. The molecular formula is C13H10ClIO2. The normalized spacial score (nSPS) is 12.4. The maximum atomic E-state index is 10.2. The molecule has 0 saturated carbocycles. The molecule has 0 amide bonds. The molecule has 4 heteroatoms. The van der Waals surface area contributed by atoms with Gasteiger partial charge in [0.1, 0.15) is 11.9 Å². The number of hydrogen-bond acceptors (Lipinski definition) is 2. The highest BCUT2D eigenvalue weighted by Gasteiger charge is 2.14. The molecule has 1 unspecified atom stereocenters. The van der Waals surface area contributed by atoms with Crippen LogP contribution in [0.3, 0.4) is 0 Å². The molecular weight excluding hydrogens is 350 g/mol. The first kappa shape index (κ1) is 12.7. The van der Waals surface area contributed by atoms with E-state index < -0.39 is 6.10 Å². The lowest BCUT2D eigenvalue weighted by Crippen LogP contribution is -2.00. The van der Waals surface area contributed by atoms with E-state index in [-0.39, 0.29) is 5.75 Å². The van der Waals surface area contributed by atoms with Crippen molar-refractivity contribution in [1.82, 2.24) is 0 Å². The van der Waals surface area contributed by atoms with Gasteiger partial charge in [0.2, 0.25) is 0 Å². The lowest BCUT2D eigenvalue weighted by atomic mass is 10.0. The van der Waals surface area contributed by atoms with E-state index in [4.69, 9.17) is 11.6 Å². The number of aliphatic hydroxyl groups excluding tert-OH is 1. The molecule has 0 bridgehead atoms. The van der Waals surface area contributed by atoms with Crippen molar-refractivity contribution in [2.24, 2.45) is 0 Å². The molecule has 1 atom stereocenters. The van der Waals surface area contributed by atoms with Crippen molar-refractivity contribution in [2.75, 3.05) is 0 Å². The molecule has 0 heterocycles. The van der Waals surface area contributed by atoms with Crippen molar-refractivity contribution in [2.45, 2.75) is 6.10 Å². The largest absolute Gasteiger partial charge is 0.508 e. The zero-order chi connectivity index (χ0) is 12.4. The average molecular weight is 361 g/mol. The minimum Gasteiger partial charge on any atom is -0.508 e. The van der Waals surface area contributed by atoms with Crippen LogP contribution in [0.15, 0.2) is 42.5 Å². The topological polar surface area (TPSA) is 40.5 Å². The molecule has 2 nitrogen and oxygen atoms in total. The smallest absolute Gasteiger partial charge is 0.115 e.